The van der Waals surface area contributed by atoms with E-state index in [1.807, 2.05) is 0 Å². The minimum absolute atomic E-state index is 0.0175. The number of halogens is 3. The van der Waals surface area contributed by atoms with E-state index < -0.39 is 26.6 Å². The van der Waals surface area contributed by atoms with Crippen molar-refractivity contribution in [3.8, 4) is 0 Å². The molecule has 3 nitrogen and oxygen atoms in total. The fourth-order valence-corrected chi connectivity index (χ4v) is 2.81. The van der Waals surface area contributed by atoms with Crippen LogP contribution in [0.25, 0.3) is 0 Å². The second-order valence-electron chi connectivity index (χ2n) is 3.66. The topological polar surface area (TPSA) is 46.2 Å². The Balaban J connectivity index is 2.37. The smallest absolute Gasteiger partial charge is 0.264 e. The molecule has 0 saturated heterocycles. The normalized spacial score (nSPS) is 11.3. The zero-order chi connectivity index (χ0) is 14.0. The van der Waals surface area contributed by atoms with Crippen LogP contribution in [-0.2, 0) is 10.0 Å². The number of nitrogens with one attached hydrogen (secondary N) is 1. The van der Waals surface area contributed by atoms with Crippen molar-refractivity contribution in [1.29, 1.82) is 0 Å². The minimum atomic E-state index is -4.08. The molecule has 0 fully saturated rings. The molecule has 0 aliphatic rings. The molecular formula is C12H8BrF2NO2S. The SMILES string of the molecule is O=S(=O)(Nc1ccc(Br)c(F)c1)c1ccccc1F. The maximum atomic E-state index is 13.4. The van der Waals surface area contributed by atoms with Gasteiger partial charge in [-0.15, -0.1) is 0 Å². The van der Waals surface area contributed by atoms with E-state index in [2.05, 4.69) is 20.7 Å². The van der Waals surface area contributed by atoms with Crippen molar-refractivity contribution < 1.29 is 17.2 Å². The van der Waals surface area contributed by atoms with Crippen LogP contribution in [-0.4, -0.2) is 8.42 Å². The molecule has 100 valence electrons. The van der Waals surface area contributed by atoms with Crippen LogP contribution in [0.1, 0.15) is 0 Å². The quantitative estimate of drug-likeness (QED) is 0.923. The Bertz CT molecular complexity index is 719. The maximum absolute atomic E-state index is 13.4. The van der Waals surface area contributed by atoms with Gasteiger partial charge in [-0.3, -0.25) is 4.72 Å². The standard InChI is InChI=1S/C12H8BrF2NO2S/c13-9-6-5-8(7-11(9)15)16-19(17,18)12-4-2-1-3-10(12)14/h1-7,16H. The van der Waals surface area contributed by atoms with Crippen molar-refractivity contribution in [3.05, 3.63) is 58.6 Å². The van der Waals surface area contributed by atoms with Crippen LogP contribution >= 0.6 is 15.9 Å². The van der Waals surface area contributed by atoms with Crippen molar-refractivity contribution in [2.24, 2.45) is 0 Å². The molecule has 0 bridgehead atoms. The van der Waals surface area contributed by atoms with E-state index in [0.29, 0.717) is 0 Å². The molecule has 0 radical (unpaired) electrons. The van der Waals surface area contributed by atoms with Gasteiger partial charge in [-0.2, -0.15) is 0 Å². The number of rotatable bonds is 3. The summed E-state index contributed by atoms with van der Waals surface area (Å²) in [6.45, 7) is 0. The number of anilines is 1. The summed E-state index contributed by atoms with van der Waals surface area (Å²) in [4.78, 5) is -0.488. The second-order valence-corrected chi connectivity index (χ2v) is 6.17. The van der Waals surface area contributed by atoms with Gasteiger partial charge in [0, 0.05) is 0 Å². The van der Waals surface area contributed by atoms with E-state index in [1.165, 1.54) is 24.3 Å². The van der Waals surface area contributed by atoms with E-state index in [1.54, 1.807) is 0 Å². The fourth-order valence-electron chi connectivity index (χ4n) is 1.43. The Morgan fingerprint density at radius 1 is 1.00 bits per heavy atom. The van der Waals surface area contributed by atoms with Crippen LogP contribution < -0.4 is 4.72 Å². The Labute approximate surface area is 117 Å². The van der Waals surface area contributed by atoms with Crippen LogP contribution in [0.15, 0.2) is 51.8 Å². The zero-order valence-electron chi connectivity index (χ0n) is 9.40. The molecule has 2 rings (SSSR count). The number of benzene rings is 2. The average Bonchev–Trinajstić information content (AvgIpc) is 2.34. The van der Waals surface area contributed by atoms with Gasteiger partial charge in [-0.05, 0) is 46.3 Å². The summed E-state index contributed by atoms with van der Waals surface area (Å²) in [7, 11) is -4.08. The Morgan fingerprint density at radius 3 is 2.32 bits per heavy atom. The lowest BCUT2D eigenvalue weighted by Gasteiger charge is -2.09. The second kappa shape index (κ2) is 5.26. The molecule has 7 heteroatoms. The van der Waals surface area contributed by atoms with Crippen molar-refractivity contribution in [2.75, 3.05) is 4.72 Å². The molecule has 1 N–H and O–H groups in total. The monoisotopic (exact) mass is 347 g/mol. The summed E-state index contributed by atoms with van der Waals surface area (Å²) < 4.78 is 52.9. The Hall–Kier alpha value is -1.47. The number of sulfonamides is 1. The van der Waals surface area contributed by atoms with Gasteiger partial charge in [0.2, 0.25) is 0 Å². The summed E-state index contributed by atoms with van der Waals surface area (Å²) in [5.41, 5.74) is 0.0175. The van der Waals surface area contributed by atoms with E-state index in [4.69, 9.17) is 0 Å². The molecular weight excluding hydrogens is 340 g/mol. The lowest BCUT2D eigenvalue weighted by Crippen LogP contribution is -2.14. The largest absolute Gasteiger partial charge is 0.279 e. The zero-order valence-corrected chi connectivity index (χ0v) is 11.8. The predicted molar refractivity (Wildman–Crippen MR) is 71.3 cm³/mol. The summed E-state index contributed by atoms with van der Waals surface area (Å²) in [5, 5.41) is 0. The predicted octanol–water partition coefficient (Wildman–Crippen LogP) is 3.53. The molecule has 0 aliphatic heterocycles. The lowest BCUT2D eigenvalue weighted by atomic mass is 10.3. The summed E-state index contributed by atoms with van der Waals surface area (Å²) in [6, 6.07) is 8.68. The maximum Gasteiger partial charge on any atom is 0.264 e. The first-order chi connectivity index (χ1) is 8.90. The van der Waals surface area contributed by atoms with Crippen LogP contribution in [0.4, 0.5) is 14.5 Å². The molecule has 0 aliphatic carbocycles. The highest BCUT2D eigenvalue weighted by atomic mass is 79.9. The van der Waals surface area contributed by atoms with Crippen molar-refractivity contribution in [2.45, 2.75) is 4.90 Å². The average molecular weight is 348 g/mol. The molecule has 2 aromatic carbocycles. The van der Waals surface area contributed by atoms with E-state index >= 15 is 0 Å². The van der Waals surface area contributed by atoms with E-state index in [0.717, 1.165) is 18.2 Å². The van der Waals surface area contributed by atoms with Gasteiger partial charge in [0.15, 0.2) is 0 Å². The van der Waals surface area contributed by atoms with Gasteiger partial charge >= 0.3 is 0 Å². The molecule has 0 amide bonds. The van der Waals surface area contributed by atoms with Crippen LogP contribution in [0, 0.1) is 11.6 Å². The van der Waals surface area contributed by atoms with Gasteiger partial charge in [0.05, 0.1) is 10.2 Å². The summed E-state index contributed by atoms with van der Waals surface area (Å²) in [6.07, 6.45) is 0. The molecule has 2 aromatic rings. The fraction of sp³-hybridized carbons (Fsp3) is 0. The van der Waals surface area contributed by atoms with E-state index in [-0.39, 0.29) is 10.2 Å². The molecule has 0 heterocycles. The van der Waals surface area contributed by atoms with Crippen LogP contribution in [0.3, 0.4) is 0 Å². The van der Waals surface area contributed by atoms with Gasteiger partial charge in [0.1, 0.15) is 16.5 Å². The van der Waals surface area contributed by atoms with Crippen LogP contribution in [0.2, 0.25) is 0 Å². The van der Waals surface area contributed by atoms with E-state index in [9.17, 15) is 17.2 Å². The first-order valence-corrected chi connectivity index (χ1v) is 7.40. The summed E-state index contributed by atoms with van der Waals surface area (Å²) in [5.74, 6) is -1.48. The van der Waals surface area contributed by atoms with Gasteiger partial charge < -0.3 is 0 Å². The van der Waals surface area contributed by atoms with Crippen molar-refractivity contribution in [3.63, 3.8) is 0 Å². The van der Waals surface area contributed by atoms with Crippen molar-refractivity contribution >= 4 is 31.6 Å². The van der Waals surface area contributed by atoms with Gasteiger partial charge in [-0.1, -0.05) is 12.1 Å². The van der Waals surface area contributed by atoms with Crippen LogP contribution in [0.5, 0.6) is 0 Å². The summed E-state index contributed by atoms with van der Waals surface area (Å²) >= 11 is 2.95. The highest BCUT2D eigenvalue weighted by molar-refractivity contribution is 9.10. The minimum Gasteiger partial charge on any atom is -0.279 e. The highest BCUT2D eigenvalue weighted by Crippen LogP contribution is 2.22. The number of hydrogen-bond acceptors (Lipinski definition) is 2. The highest BCUT2D eigenvalue weighted by Gasteiger charge is 2.18. The third kappa shape index (κ3) is 3.10. The van der Waals surface area contributed by atoms with Gasteiger partial charge in [-0.25, -0.2) is 17.2 Å². The first-order valence-electron chi connectivity index (χ1n) is 5.12. The molecule has 0 unspecified atom stereocenters. The number of hydrogen-bond donors (Lipinski definition) is 1. The molecule has 19 heavy (non-hydrogen) atoms. The van der Waals surface area contributed by atoms with Gasteiger partial charge in [0.25, 0.3) is 10.0 Å². The third-order valence-electron chi connectivity index (χ3n) is 2.30. The molecule has 0 atom stereocenters. The molecule has 0 saturated carbocycles. The Morgan fingerprint density at radius 2 is 1.68 bits per heavy atom. The molecule has 0 spiro atoms. The third-order valence-corrected chi connectivity index (χ3v) is 4.36. The Kier molecular flexibility index (Phi) is 3.86. The lowest BCUT2D eigenvalue weighted by molar-refractivity contribution is 0.570. The van der Waals surface area contributed by atoms with Crippen molar-refractivity contribution in [1.82, 2.24) is 0 Å². The molecule has 0 aromatic heterocycles. The first kappa shape index (κ1) is 14.0.